The summed E-state index contributed by atoms with van der Waals surface area (Å²) < 4.78 is 18.9. The highest BCUT2D eigenvalue weighted by molar-refractivity contribution is 5.42. The summed E-state index contributed by atoms with van der Waals surface area (Å²) in [6.07, 6.45) is -1.18. The molecule has 0 amide bonds. The Bertz CT molecular complexity index is 1470. The fraction of sp³-hybridized carbons (Fsp3) is 0.235. The Morgan fingerprint density at radius 1 is 0.714 bits per heavy atom. The molecule has 4 atom stereocenters. The van der Waals surface area contributed by atoms with Gasteiger partial charge < -0.3 is 19.4 Å². The first-order valence-corrected chi connectivity index (χ1v) is 13.7. The van der Waals surface area contributed by atoms with E-state index in [1.807, 2.05) is 91.0 Å². The quantitative estimate of drug-likeness (QED) is 0.140. The Morgan fingerprint density at radius 2 is 1.21 bits per heavy atom. The molecule has 0 radical (unpaired) electrons. The third kappa shape index (κ3) is 7.68. The van der Waals surface area contributed by atoms with Crippen LogP contribution in [0.25, 0.3) is 0 Å². The van der Waals surface area contributed by atoms with Crippen LogP contribution in [-0.2, 0) is 34.0 Å². The molecule has 0 saturated carbocycles. The molecule has 4 aromatic carbocycles. The number of rotatable bonds is 11. The molecular weight excluding hydrogens is 532 g/mol. The maximum Gasteiger partial charge on any atom is 0.269 e. The van der Waals surface area contributed by atoms with Crippen LogP contribution >= 0.6 is 0 Å². The van der Waals surface area contributed by atoms with E-state index in [4.69, 9.17) is 14.2 Å². The highest BCUT2D eigenvalue weighted by Gasteiger charge is 2.50. The van der Waals surface area contributed by atoms with Crippen molar-refractivity contribution in [3.63, 3.8) is 0 Å². The van der Waals surface area contributed by atoms with Crippen LogP contribution in [0.4, 0.5) is 5.69 Å². The Balaban J connectivity index is 1.41. The summed E-state index contributed by atoms with van der Waals surface area (Å²) in [6, 6.07) is 34.1. The van der Waals surface area contributed by atoms with Gasteiger partial charge in [-0.2, -0.15) is 5.06 Å². The van der Waals surface area contributed by atoms with Crippen molar-refractivity contribution >= 4 is 5.69 Å². The van der Waals surface area contributed by atoms with E-state index in [1.165, 1.54) is 17.2 Å². The number of hydroxylamine groups is 2. The Labute approximate surface area is 245 Å². The molecule has 0 bridgehead atoms. The normalized spacial score (nSPS) is 20.1. The molecule has 0 aliphatic carbocycles. The SMILES string of the molecule is O=[N+]([O-])c1ccc(C#C[C@H]2[C@H](OCc3ccccc3)[C@@H](OCc3ccccc3)[C@H](COCc3ccccc3)N2O)cc1. The predicted octanol–water partition coefficient (Wildman–Crippen LogP) is 5.78. The molecule has 1 saturated heterocycles. The van der Waals surface area contributed by atoms with Crippen molar-refractivity contribution in [2.24, 2.45) is 0 Å². The van der Waals surface area contributed by atoms with Gasteiger partial charge in [0.15, 0.2) is 0 Å². The predicted molar refractivity (Wildman–Crippen MR) is 157 cm³/mol. The van der Waals surface area contributed by atoms with Crippen LogP contribution in [0.3, 0.4) is 0 Å². The minimum absolute atomic E-state index is 0.0146. The molecule has 1 heterocycles. The number of nitro benzene ring substituents is 1. The smallest absolute Gasteiger partial charge is 0.269 e. The van der Waals surface area contributed by atoms with Gasteiger partial charge in [-0.25, -0.2) is 0 Å². The first-order chi connectivity index (χ1) is 20.6. The van der Waals surface area contributed by atoms with Gasteiger partial charge in [0.25, 0.3) is 5.69 Å². The largest absolute Gasteiger partial charge is 0.375 e. The molecule has 5 rings (SSSR count). The van der Waals surface area contributed by atoms with E-state index in [2.05, 4.69) is 11.8 Å². The van der Waals surface area contributed by atoms with Crippen molar-refractivity contribution in [1.82, 2.24) is 5.06 Å². The van der Waals surface area contributed by atoms with Crippen molar-refractivity contribution in [2.45, 2.75) is 44.1 Å². The number of ether oxygens (including phenoxy) is 3. The molecule has 42 heavy (non-hydrogen) atoms. The van der Waals surface area contributed by atoms with E-state index >= 15 is 0 Å². The van der Waals surface area contributed by atoms with Gasteiger partial charge in [0, 0.05) is 17.7 Å². The summed E-state index contributed by atoms with van der Waals surface area (Å²) in [6.45, 7) is 1.19. The Kier molecular flexibility index (Phi) is 10.1. The van der Waals surface area contributed by atoms with E-state index in [9.17, 15) is 15.3 Å². The minimum atomic E-state index is -0.741. The van der Waals surface area contributed by atoms with Crippen LogP contribution in [-0.4, -0.2) is 46.1 Å². The van der Waals surface area contributed by atoms with Crippen LogP contribution in [0.1, 0.15) is 22.3 Å². The lowest BCUT2D eigenvalue weighted by Gasteiger charge is -2.25. The number of hydrogen-bond acceptors (Lipinski definition) is 7. The molecular formula is C34H32N2O6. The van der Waals surface area contributed by atoms with Crippen LogP contribution < -0.4 is 0 Å². The highest BCUT2D eigenvalue weighted by Crippen LogP contribution is 2.30. The molecule has 8 heteroatoms. The monoisotopic (exact) mass is 564 g/mol. The summed E-state index contributed by atoms with van der Waals surface area (Å²) in [5.74, 6) is 6.20. The zero-order chi connectivity index (χ0) is 29.1. The average Bonchev–Trinajstić information content (AvgIpc) is 3.28. The number of hydrogen-bond donors (Lipinski definition) is 1. The van der Waals surface area contributed by atoms with E-state index in [0.29, 0.717) is 25.4 Å². The fourth-order valence-electron chi connectivity index (χ4n) is 4.85. The first kappa shape index (κ1) is 29.1. The summed E-state index contributed by atoms with van der Waals surface area (Å²) in [5.41, 5.74) is 3.57. The maximum atomic E-state index is 11.5. The minimum Gasteiger partial charge on any atom is -0.375 e. The molecule has 0 aromatic heterocycles. The van der Waals surface area contributed by atoms with Crippen molar-refractivity contribution < 1.29 is 24.3 Å². The zero-order valence-corrected chi connectivity index (χ0v) is 23.0. The zero-order valence-electron chi connectivity index (χ0n) is 23.0. The fourth-order valence-corrected chi connectivity index (χ4v) is 4.85. The van der Waals surface area contributed by atoms with Crippen LogP contribution in [0, 0.1) is 22.0 Å². The number of nitrogens with zero attached hydrogens (tertiary/aromatic N) is 2. The Hall–Kier alpha value is -4.36. The van der Waals surface area contributed by atoms with Gasteiger partial charge in [0.2, 0.25) is 0 Å². The van der Waals surface area contributed by atoms with Crippen molar-refractivity contribution in [3.05, 3.63) is 148 Å². The summed E-state index contributed by atoms with van der Waals surface area (Å²) in [7, 11) is 0. The molecule has 1 fully saturated rings. The lowest BCUT2D eigenvalue weighted by molar-refractivity contribution is -0.384. The van der Waals surface area contributed by atoms with Crippen molar-refractivity contribution in [3.8, 4) is 11.8 Å². The van der Waals surface area contributed by atoms with Gasteiger partial charge in [-0.05, 0) is 28.8 Å². The van der Waals surface area contributed by atoms with Gasteiger partial charge in [-0.3, -0.25) is 10.1 Å². The molecule has 214 valence electrons. The molecule has 4 aromatic rings. The average molecular weight is 565 g/mol. The highest BCUT2D eigenvalue weighted by atomic mass is 16.6. The standard InChI is InChI=1S/C34H32N2O6/c37-35-31(21-18-26-16-19-30(20-17-26)36(38)39)33(41-23-28-12-6-2-7-13-28)34(42-24-29-14-8-3-9-15-29)32(35)25-40-22-27-10-4-1-5-11-27/h1-17,19-20,31-34,37H,22-25H2/t31-,32-,33-,34-/m0/s1. The number of non-ortho nitro benzene ring substituents is 1. The van der Waals surface area contributed by atoms with Crippen LogP contribution in [0.15, 0.2) is 115 Å². The van der Waals surface area contributed by atoms with Gasteiger partial charge in [0.05, 0.1) is 37.4 Å². The summed E-state index contributed by atoms with van der Waals surface area (Å²) >= 11 is 0. The van der Waals surface area contributed by atoms with Gasteiger partial charge in [-0.15, -0.1) is 0 Å². The van der Waals surface area contributed by atoms with E-state index in [0.717, 1.165) is 16.7 Å². The molecule has 1 N–H and O–H groups in total. The van der Waals surface area contributed by atoms with Gasteiger partial charge in [-0.1, -0.05) is 103 Å². The molecule has 8 nitrogen and oxygen atoms in total. The van der Waals surface area contributed by atoms with Gasteiger partial charge >= 0.3 is 0 Å². The van der Waals surface area contributed by atoms with Crippen molar-refractivity contribution in [1.29, 1.82) is 0 Å². The Morgan fingerprint density at radius 3 is 1.74 bits per heavy atom. The third-order valence-electron chi connectivity index (χ3n) is 7.05. The number of nitro groups is 1. The molecule has 0 unspecified atom stereocenters. The number of benzene rings is 4. The lowest BCUT2D eigenvalue weighted by atomic mass is 10.1. The lowest BCUT2D eigenvalue weighted by Crippen LogP contribution is -2.40. The molecule has 1 aliphatic rings. The van der Waals surface area contributed by atoms with E-state index < -0.39 is 29.2 Å². The first-order valence-electron chi connectivity index (χ1n) is 13.7. The molecule has 0 spiro atoms. The molecule has 1 aliphatic heterocycles. The topological polar surface area (TPSA) is 94.3 Å². The summed E-state index contributed by atoms with van der Waals surface area (Å²) in [5, 5.41) is 23.7. The second-order valence-corrected chi connectivity index (χ2v) is 9.99. The van der Waals surface area contributed by atoms with E-state index in [-0.39, 0.29) is 12.3 Å². The van der Waals surface area contributed by atoms with Crippen LogP contribution in [0.2, 0.25) is 0 Å². The van der Waals surface area contributed by atoms with E-state index in [1.54, 1.807) is 12.1 Å². The van der Waals surface area contributed by atoms with Gasteiger partial charge in [0.1, 0.15) is 18.2 Å². The third-order valence-corrected chi connectivity index (χ3v) is 7.05. The maximum absolute atomic E-state index is 11.5. The second-order valence-electron chi connectivity index (χ2n) is 9.99. The summed E-state index contributed by atoms with van der Waals surface area (Å²) in [4.78, 5) is 10.6. The second kappa shape index (κ2) is 14.5. The van der Waals surface area contributed by atoms with Crippen molar-refractivity contribution in [2.75, 3.05) is 6.61 Å². The van der Waals surface area contributed by atoms with Crippen LogP contribution in [0.5, 0.6) is 0 Å².